The number of rotatable bonds is 5. The van der Waals surface area contributed by atoms with Crippen molar-refractivity contribution in [1.82, 2.24) is 4.90 Å². The molecule has 0 spiro atoms. The van der Waals surface area contributed by atoms with E-state index in [0.717, 1.165) is 16.0 Å². The van der Waals surface area contributed by atoms with Gasteiger partial charge in [-0.2, -0.15) is 0 Å². The molecule has 1 aromatic rings. The van der Waals surface area contributed by atoms with E-state index in [4.69, 9.17) is 17.3 Å². The summed E-state index contributed by atoms with van der Waals surface area (Å²) in [4.78, 5) is 2.38. The van der Waals surface area contributed by atoms with Gasteiger partial charge in [0.2, 0.25) is 0 Å². The van der Waals surface area contributed by atoms with Crippen LogP contribution in [-0.2, 0) is 0 Å². The van der Waals surface area contributed by atoms with Crippen molar-refractivity contribution in [2.45, 2.75) is 32.9 Å². The highest BCUT2D eigenvalue weighted by atomic mass is 79.9. The van der Waals surface area contributed by atoms with Gasteiger partial charge in [-0.3, -0.25) is 4.90 Å². The molecule has 0 fully saturated rings. The number of hydrogen-bond donors (Lipinski definition) is 1. The van der Waals surface area contributed by atoms with E-state index in [1.807, 2.05) is 12.1 Å². The van der Waals surface area contributed by atoms with E-state index >= 15 is 0 Å². The van der Waals surface area contributed by atoms with Crippen LogP contribution >= 0.6 is 27.5 Å². The van der Waals surface area contributed by atoms with E-state index in [1.165, 1.54) is 5.56 Å². The molecule has 1 unspecified atom stereocenters. The van der Waals surface area contributed by atoms with Gasteiger partial charge >= 0.3 is 0 Å². The topological polar surface area (TPSA) is 29.3 Å². The van der Waals surface area contributed by atoms with Gasteiger partial charge in [0.25, 0.3) is 0 Å². The molecule has 0 radical (unpaired) electrons. The summed E-state index contributed by atoms with van der Waals surface area (Å²) < 4.78 is 1.03. The molecule has 0 saturated carbocycles. The van der Waals surface area contributed by atoms with Crippen molar-refractivity contribution in [3.63, 3.8) is 0 Å². The number of hydrogen-bond acceptors (Lipinski definition) is 2. The average molecular weight is 320 g/mol. The minimum absolute atomic E-state index is 0.228. The molecule has 2 N–H and O–H groups in total. The van der Waals surface area contributed by atoms with Gasteiger partial charge in [0.05, 0.1) is 0 Å². The molecule has 0 amide bonds. The van der Waals surface area contributed by atoms with E-state index in [1.54, 1.807) is 0 Å². The van der Waals surface area contributed by atoms with Crippen LogP contribution in [0.5, 0.6) is 0 Å². The standard InChI is InChI=1S/C13H20BrClN2/c1-4-17(9(2)3)13(8-16)11-6-5-10(15)7-12(11)14/h5-7,9,13H,4,8,16H2,1-3H3. The van der Waals surface area contributed by atoms with Crippen molar-refractivity contribution in [1.29, 1.82) is 0 Å². The SMILES string of the molecule is CCN(C(C)C)C(CN)c1ccc(Cl)cc1Br. The number of nitrogens with zero attached hydrogens (tertiary/aromatic N) is 1. The minimum atomic E-state index is 0.228. The Morgan fingerprint density at radius 3 is 2.47 bits per heavy atom. The second-order valence-corrected chi connectivity index (χ2v) is 5.63. The van der Waals surface area contributed by atoms with Crippen LogP contribution in [0.1, 0.15) is 32.4 Å². The largest absolute Gasteiger partial charge is 0.329 e. The molecule has 2 nitrogen and oxygen atoms in total. The molecule has 17 heavy (non-hydrogen) atoms. The quantitative estimate of drug-likeness (QED) is 0.893. The fourth-order valence-electron chi connectivity index (χ4n) is 2.16. The highest BCUT2D eigenvalue weighted by molar-refractivity contribution is 9.10. The van der Waals surface area contributed by atoms with Crippen LogP contribution in [0.15, 0.2) is 22.7 Å². The van der Waals surface area contributed by atoms with E-state index in [2.05, 4.69) is 47.7 Å². The molecular formula is C13H20BrClN2. The fraction of sp³-hybridized carbons (Fsp3) is 0.538. The molecule has 1 atom stereocenters. The molecule has 0 aliphatic rings. The molecular weight excluding hydrogens is 300 g/mol. The summed E-state index contributed by atoms with van der Waals surface area (Å²) in [6.07, 6.45) is 0. The van der Waals surface area contributed by atoms with Crippen LogP contribution in [0.3, 0.4) is 0 Å². The first-order valence-corrected chi connectivity index (χ1v) is 7.09. The zero-order valence-electron chi connectivity index (χ0n) is 10.6. The van der Waals surface area contributed by atoms with E-state index in [0.29, 0.717) is 12.6 Å². The molecule has 1 aromatic carbocycles. The lowest BCUT2D eigenvalue weighted by atomic mass is 10.0. The smallest absolute Gasteiger partial charge is 0.0484 e. The Bertz CT molecular complexity index is 368. The van der Waals surface area contributed by atoms with Gasteiger partial charge in [0.1, 0.15) is 0 Å². The van der Waals surface area contributed by atoms with Crippen molar-refractivity contribution in [2.24, 2.45) is 5.73 Å². The normalized spacial score (nSPS) is 13.4. The van der Waals surface area contributed by atoms with Crippen molar-refractivity contribution < 1.29 is 0 Å². The Morgan fingerprint density at radius 1 is 1.41 bits per heavy atom. The van der Waals surface area contributed by atoms with Crippen molar-refractivity contribution >= 4 is 27.5 Å². The maximum atomic E-state index is 5.97. The van der Waals surface area contributed by atoms with E-state index < -0.39 is 0 Å². The maximum absolute atomic E-state index is 5.97. The highest BCUT2D eigenvalue weighted by Gasteiger charge is 2.22. The van der Waals surface area contributed by atoms with Crippen LogP contribution in [0.2, 0.25) is 5.02 Å². The van der Waals surface area contributed by atoms with Crippen LogP contribution in [0, 0.1) is 0 Å². The summed E-state index contributed by atoms with van der Waals surface area (Å²) in [5.74, 6) is 0. The number of likely N-dealkylation sites (N-methyl/N-ethyl adjacent to an activating group) is 1. The summed E-state index contributed by atoms with van der Waals surface area (Å²) in [7, 11) is 0. The Morgan fingerprint density at radius 2 is 2.06 bits per heavy atom. The van der Waals surface area contributed by atoms with Gasteiger partial charge in [0, 0.05) is 28.1 Å². The molecule has 1 rings (SSSR count). The molecule has 0 aliphatic heterocycles. The summed E-state index contributed by atoms with van der Waals surface area (Å²) in [6, 6.07) is 6.59. The third kappa shape index (κ3) is 3.68. The second kappa shape index (κ2) is 6.74. The van der Waals surface area contributed by atoms with Crippen LogP contribution in [-0.4, -0.2) is 24.0 Å². The highest BCUT2D eigenvalue weighted by Crippen LogP contribution is 2.30. The third-order valence-electron chi connectivity index (χ3n) is 2.97. The second-order valence-electron chi connectivity index (χ2n) is 4.34. The maximum Gasteiger partial charge on any atom is 0.0484 e. The van der Waals surface area contributed by atoms with Gasteiger partial charge in [0.15, 0.2) is 0 Å². The van der Waals surface area contributed by atoms with Crippen molar-refractivity contribution in [2.75, 3.05) is 13.1 Å². The first-order valence-electron chi connectivity index (χ1n) is 5.92. The van der Waals surface area contributed by atoms with Crippen molar-refractivity contribution in [3.05, 3.63) is 33.3 Å². The molecule has 0 saturated heterocycles. The fourth-order valence-corrected chi connectivity index (χ4v) is 3.11. The van der Waals surface area contributed by atoms with E-state index in [-0.39, 0.29) is 6.04 Å². The zero-order valence-corrected chi connectivity index (χ0v) is 12.9. The summed E-state index contributed by atoms with van der Waals surface area (Å²) >= 11 is 9.53. The van der Waals surface area contributed by atoms with Gasteiger partial charge in [-0.05, 0) is 38.1 Å². The molecule has 0 bridgehead atoms. The molecule has 0 aromatic heterocycles. The van der Waals surface area contributed by atoms with Crippen LogP contribution < -0.4 is 5.73 Å². The molecule has 96 valence electrons. The number of benzene rings is 1. The summed E-state index contributed by atoms with van der Waals surface area (Å²) in [5, 5.41) is 0.740. The van der Waals surface area contributed by atoms with Gasteiger partial charge < -0.3 is 5.73 Å². The lowest BCUT2D eigenvalue weighted by molar-refractivity contribution is 0.166. The van der Waals surface area contributed by atoms with Crippen molar-refractivity contribution in [3.8, 4) is 0 Å². The minimum Gasteiger partial charge on any atom is -0.329 e. The summed E-state index contributed by atoms with van der Waals surface area (Å²) in [6.45, 7) is 8.12. The Labute approximate surface area is 117 Å². The monoisotopic (exact) mass is 318 g/mol. The zero-order chi connectivity index (χ0) is 13.0. The number of nitrogens with two attached hydrogens (primary N) is 1. The molecule has 4 heteroatoms. The Kier molecular flexibility index (Phi) is 5.93. The van der Waals surface area contributed by atoms with Crippen LogP contribution in [0.25, 0.3) is 0 Å². The lowest BCUT2D eigenvalue weighted by Gasteiger charge is -2.34. The average Bonchev–Trinajstić information content (AvgIpc) is 2.26. The van der Waals surface area contributed by atoms with Gasteiger partial charge in [-0.1, -0.05) is 40.5 Å². The number of halogens is 2. The lowest BCUT2D eigenvalue weighted by Crippen LogP contribution is -2.38. The third-order valence-corrected chi connectivity index (χ3v) is 3.90. The first-order chi connectivity index (χ1) is 8.01. The van der Waals surface area contributed by atoms with E-state index in [9.17, 15) is 0 Å². The van der Waals surface area contributed by atoms with Gasteiger partial charge in [-0.25, -0.2) is 0 Å². The van der Waals surface area contributed by atoms with Gasteiger partial charge in [-0.15, -0.1) is 0 Å². The molecule has 0 heterocycles. The molecule has 0 aliphatic carbocycles. The van der Waals surface area contributed by atoms with Crippen LogP contribution in [0.4, 0.5) is 0 Å². The predicted molar refractivity (Wildman–Crippen MR) is 78.5 cm³/mol. The Balaban J connectivity index is 3.08. The first kappa shape index (κ1) is 15.0. The summed E-state index contributed by atoms with van der Waals surface area (Å²) in [5.41, 5.74) is 7.13. The predicted octanol–water partition coefficient (Wildman–Crippen LogP) is 3.83. The Hall–Kier alpha value is -0.0900.